The maximum absolute atomic E-state index is 12.7. The Morgan fingerprint density at radius 3 is 2.58 bits per heavy atom. The number of pyridine rings is 1. The molecule has 1 aromatic heterocycles. The fraction of sp³-hybridized carbons (Fsp3) is 0.100. The Hall–Kier alpha value is -2.89. The van der Waals surface area contributed by atoms with Gasteiger partial charge in [0.15, 0.2) is 0 Å². The molecule has 0 fully saturated rings. The molecule has 2 aromatic carbocycles. The standard InChI is InChI=1S/C20H19ClN4O/c21-18-11-16(6-5-15(18)12-22)25-20(26)17-3-1-2-4-19(17)24-13-14-7-9-23-10-8-14/h1-11,24H,12-13,22H2,(H,25,26). The largest absolute Gasteiger partial charge is 0.380 e. The average molecular weight is 367 g/mol. The van der Waals surface area contributed by atoms with Crippen LogP contribution in [0.2, 0.25) is 5.02 Å². The van der Waals surface area contributed by atoms with E-state index in [0.717, 1.165) is 16.8 Å². The summed E-state index contributed by atoms with van der Waals surface area (Å²) in [5.74, 6) is -0.209. The highest BCUT2D eigenvalue weighted by molar-refractivity contribution is 6.31. The van der Waals surface area contributed by atoms with Crippen LogP contribution < -0.4 is 16.4 Å². The van der Waals surface area contributed by atoms with Crippen molar-refractivity contribution in [1.82, 2.24) is 4.98 Å². The molecule has 26 heavy (non-hydrogen) atoms. The van der Waals surface area contributed by atoms with Crippen LogP contribution in [0.25, 0.3) is 0 Å². The first kappa shape index (κ1) is 17.9. The lowest BCUT2D eigenvalue weighted by Crippen LogP contribution is -2.15. The smallest absolute Gasteiger partial charge is 0.257 e. The molecule has 0 radical (unpaired) electrons. The van der Waals surface area contributed by atoms with Crippen LogP contribution in [0.1, 0.15) is 21.5 Å². The molecule has 1 heterocycles. The molecule has 6 heteroatoms. The number of nitrogens with zero attached hydrogens (tertiary/aromatic N) is 1. The number of anilines is 2. The normalized spacial score (nSPS) is 10.4. The molecule has 3 aromatic rings. The molecule has 4 N–H and O–H groups in total. The molecule has 0 aliphatic rings. The molecule has 0 saturated carbocycles. The Kier molecular flexibility index (Phi) is 5.84. The first-order chi connectivity index (χ1) is 12.7. The molecule has 0 bridgehead atoms. The minimum absolute atomic E-state index is 0.209. The Balaban J connectivity index is 1.74. The Labute approximate surface area is 157 Å². The van der Waals surface area contributed by atoms with E-state index in [9.17, 15) is 4.79 Å². The zero-order valence-electron chi connectivity index (χ0n) is 14.1. The summed E-state index contributed by atoms with van der Waals surface area (Å²) in [5.41, 5.74) is 9.47. The highest BCUT2D eigenvalue weighted by Crippen LogP contribution is 2.22. The number of para-hydroxylation sites is 1. The van der Waals surface area contributed by atoms with Crippen molar-refractivity contribution in [2.24, 2.45) is 5.73 Å². The van der Waals surface area contributed by atoms with Crippen LogP contribution in [0.4, 0.5) is 11.4 Å². The van der Waals surface area contributed by atoms with E-state index in [1.165, 1.54) is 0 Å². The zero-order valence-corrected chi connectivity index (χ0v) is 14.8. The van der Waals surface area contributed by atoms with Gasteiger partial charge in [0, 0.05) is 41.9 Å². The molecule has 0 unspecified atom stereocenters. The number of carbonyl (C=O) groups is 1. The number of rotatable bonds is 6. The monoisotopic (exact) mass is 366 g/mol. The Morgan fingerprint density at radius 1 is 1.08 bits per heavy atom. The molecule has 0 atom stereocenters. The van der Waals surface area contributed by atoms with Gasteiger partial charge in [0.05, 0.1) is 5.56 Å². The van der Waals surface area contributed by atoms with E-state index >= 15 is 0 Å². The van der Waals surface area contributed by atoms with E-state index in [-0.39, 0.29) is 5.91 Å². The van der Waals surface area contributed by atoms with Gasteiger partial charge in [0.1, 0.15) is 0 Å². The number of nitrogens with one attached hydrogen (secondary N) is 2. The quantitative estimate of drug-likeness (QED) is 0.614. The summed E-state index contributed by atoms with van der Waals surface area (Å²) >= 11 is 6.16. The van der Waals surface area contributed by atoms with Crippen molar-refractivity contribution in [2.45, 2.75) is 13.1 Å². The predicted molar refractivity (Wildman–Crippen MR) is 105 cm³/mol. The molecule has 3 rings (SSSR count). The van der Waals surface area contributed by atoms with Gasteiger partial charge >= 0.3 is 0 Å². The minimum Gasteiger partial charge on any atom is -0.380 e. The predicted octanol–water partition coefficient (Wildman–Crippen LogP) is 4.06. The van der Waals surface area contributed by atoms with Gasteiger partial charge in [-0.2, -0.15) is 0 Å². The van der Waals surface area contributed by atoms with E-state index in [1.54, 1.807) is 30.6 Å². The number of amides is 1. The molecule has 5 nitrogen and oxygen atoms in total. The zero-order chi connectivity index (χ0) is 18.4. The first-order valence-corrected chi connectivity index (χ1v) is 8.57. The number of halogens is 1. The van der Waals surface area contributed by atoms with Gasteiger partial charge in [-0.3, -0.25) is 9.78 Å². The molecule has 0 aliphatic heterocycles. The number of hydrogen-bond donors (Lipinski definition) is 3. The van der Waals surface area contributed by atoms with Crippen molar-refractivity contribution in [1.29, 1.82) is 0 Å². The van der Waals surface area contributed by atoms with Crippen molar-refractivity contribution < 1.29 is 4.79 Å². The summed E-state index contributed by atoms with van der Waals surface area (Å²) in [6, 6.07) is 16.5. The fourth-order valence-corrected chi connectivity index (χ4v) is 2.78. The number of aromatic nitrogens is 1. The van der Waals surface area contributed by atoms with E-state index in [0.29, 0.717) is 29.4 Å². The number of carbonyl (C=O) groups excluding carboxylic acids is 1. The van der Waals surface area contributed by atoms with Gasteiger partial charge in [0.2, 0.25) is 0 Å². The Bertz CT molecular complexity index is 899. The lowest BCUT2D eigenvalue weighted by molar-refractivity contribution is 0.102. The summed E-state index contributed by atoms with van der Waals surface area (Å²) in [5, 5.41) is 6.71. The van der Waals surface area contributed by atoms with Crippen molar-refractivity contribution in [3.05, 3.63) is 88.7 Å². The highest BCUT2D eigenvalue weighted by Gasteiger charge is 2.12. The van der Waals surface area contributed by atoms with E-state index in [4.69, 9.17) is 17.3 Å². The van der Waals surface area contributed by atoms with Crippen molar-refractivity contribution in [2.75, 3.05) is 10.6 Å². The SMILES string of the molecule is NCc1ccc(NC(=O)c2ccccc2NCc2ccncc2)cc1Cl. The van der Waals surface area contributed by atoms with E-state index in [1.807, 2.05) is 36.4 Å². The van der Waals surface area contributed by atoms with Crippen molar-refractivity contribution in [3.63, 3.8) is 0 Å². The number of nitrogens with two attached hydrogens (primary N) is 1. The molecular weight excluding hydrogens is 348 g/mol. The average Bonchev–Trinajstić information content (AvgIpc) is 2.67. The first-order valence-electron chi connectivity index (χ1n) is 8.19. The molecule has 0 saturated heterocycles. The van der Waals surface area contributed by atoms with Gasteiger partial charge in [-0.05, 0) is 47.5 Å². The summed E-state index contributed by atoms with van der Waals surface area (Å²) in [6.07, 6.45) is 3.48. The third-order valence-corrected chi connectivity index (χ3v) is 4.29. The second kappa shape index (κ2) is 8.47. The maximum Gasteiger partial charge on any atom is 0.257 e. The van der Waals surface area contributed by atoms with Crippen molar-refractivity contribution in [3.8, 4) is 0 Å². The molecule has 1 amide bonds. The topological polar surface area (TPSA) is 80.0 Å². The van der Waals surface area contributed by atoms with Crippen LogP contribution in [0.5, 0.6) is 0 Å². The Morgan fingerprint density at radius 2 is 1.85 bits per heavy atom. The van der Waals surface area contributed by atoms with Crippen molar-refractivity contribution >= 4 is 28.9 Å². The van der Waals surface area contributed by atoms with Crippen LogP contribution in [0.15, 0.2) is 67.0 Å². The third-order valence-electron chi connectivity index (χ3n) is 3.93. The second-order valence-electron chi connectivity index (χ2n) is 5.72. The maximum atomic E-state index is 12.7. The van der Waals surface area contributed by atoms with E-state index in [2.05, 4.69) is 15.6 Å². The molecule has 0 aliphatic carbocycles. The third kappa shape index (κ3) is 4.39. The van der Waals surface area contributed by atoms with Gasteiger partial charge < -0.3 is 16.4 Å². The second-order valence-corrected chi connectivity index (χ2v) is 6.13. The lowest BCUT2D eigenvalue weighted by Gasteiger charge is -2.13. The van der Waals surface area contributed by atoms with Crippen LogP contribution in [0.3, 0.4) is 0 Å². The van der Waals surface area contributed by atoms with Gasteiger partial charge in [-0.15, -0.1) is 0 Å². The van der Waals surface area contributed by atoms with Gasteiger partial charge in [0.25, 0.3) is 5.91 Å². The molecular formula is C20H19ClN4O. The summed E-state index contributed by atoms with van der Waals surface area (Å²) in [7, 11) is 0. The van der Waals surface area contributed by atoms with Crippen LogP contribution in [-0.2, 0) is 13.1 Å². The number of hydrogen-bond acceptors (Lipinski definition) is 4. The van der Waals surface area contributed by atoms with Crippen LogP contribution in [0, 0.1) is 0 Å². The molecule has 132 valence electrons. The fourth-order valence-electron chi connectivity index (χ4n) is 2.52. The van der Waals surface area contributed by atoms with E-state index < -0.39 is 0 Å². The number of benzene rings is 2. The highest BCUT2D eigenvalue weighted by atomic mass is 35.5. The lowest BCUT2D eigenvalue weighted by atomic mass is 10.1. The van der Waals surface area contributed by atoms with Crippen LogP contribution in [-0.4, -0.2) is 10.9 Å². The van der Waals surface area contributed by atoms with Gasteiger partial charge in [-0.1, -0.05) is 29.8 Å². The van der Waals surface area contributed by atoms with Crippen LogP contribution >= 0.6 is 11.6 Å². The summed E-state index contributed by atoms with van der Waals surface area (Å²) in [6.45, 7) is 0.957. The van der Waals surface area contributed by atoms with Gasteiger partial charge in [-0.25, -0.2) is 0 Å². The summed E-state index contributed by atoms with van der Waals surface area (Å²) in [4.78, 5) is 16.7. The summed E-state index contributed by atoms with van der Waals surface area (Å²) < 4.78 is 0. The minimum atomic E-state index is -0.209. The molecule has 0 spiro atoms.